The first-order valence-electron chi connectivity index (χ1n) is 9.34. The monoisotopic (exact) mass is 435 g/mol. The Morgan fingerprint density at radius 2 is 2.10 bits per heavy atom. The number of nitrogens with zero attached hydrogens (tertiary/aromatic N) is 3. The molecule has 0 bridgehead atoms. The molecule has 0 radical (unpaired) electrons. The molecular weight excluding hydrogens is 414 g/mol. The number of imide groups is 1. The molecule has 154 valence electrons. The molecule has 2 fully saturated rings. The SMILES string of the molecule is CC1CCC2(CC1)NC(=O)N(NC(=O)CSc1nc3sccc3c(=O)n1C)C2=O. The Morgan fingerprint density at radius 3 is 2.83 bits per heavy atom. The van der Waals surface area contributed by atoms with Crippen LogP contribution in [0.25, 0.3) is 10.2 Å². The van der Waals surface area contributed by atoms with E-state index in [1.807, 2.05) is 0 Å². The van der Waals surface area contributed by atoms with E-state index in [0.29, 0.717) is 34.1 Å². The van der Waals surface area contributed by atoms with E-state index in [0.717, 1.165) is 29.6 Å². The summed E-state index contributed by atoms with van der Waals surface area (Å²) in [6.45, 7) is 2.12. The summed E-state index contributed by atoms with van der Waals surface area (Å²) in [6, 6.07) is 1.11. The van der Waals surface area contributed by atoms with Crippen molar-refractivity contribution < 1.29 is 14.4 Å². The van der Waals surface area contributed by atoms with Crippen LogP contribution in [-0.2, 0) is 16.6 Å². The minimum Gasteiger partial charge on any atom is -0.322 e. The van der Waals surface area contributed by atoms with Gasteiger partial charge < -0.3 is 5.32 Å². The predicted octanol–water partition coefficient (Wildman–Crippen LogP) is 1.62. The Kier molecular flexibility index (Phi) is 5.11. The standard InChI is InChI=1S/C18H21N5O4S2/c1-10-3-6-18(7-4-10)15(26)23(16(27)20-18)21-12(24)9-29-17-19-13-11(5-8-28-13)14(25)22(17)2/h5,8,10H,3-4,6-7,9H2,1-2H3,(H,20,27)(H,21,24). The minimum atomic E-state index is -0.903. The molecule has 3 heterocycles. The van der Waals surface area contributed by atoms with Crippen molar-refractivity contribution in [2.24, 2.45) is 13.0 Å². The lowest BCUT2D eigenvalue weighted by Crippen LogP contribution is -2.51. The number of urea groups is 1. The minimum absolute atomic E-state index is 0.0851. The molecule has 2 aromatic heterocycles. The maximum atomic E-state index is 12.8. The van der Waals surface area contributed by atoms with Gasteiger partial charge in [0.1, 0.15) is 10.4 Å². The molecule has 2 aromatic rings. The zero-order chi connectivity index (χ0) is 20.8. The van der Waals surface area contributed by atoms with Gasteiger partial charge in [0.25, 0.3) is 11.5 Å². The van der Waals surface area contributed by atoms with Crippen molar-refractivity contribution >= 4 is 51.2 Å². The zero-order valence-electron chi connectivity index (χ0n) is 16.1. The zero-order valence-corrected chi connectivity index (χ0v) is 17.7. The lowest BCUT2D eigenvalue weighted by Gasteiger charge is -2.33. The smallest absolute Gasteiger partial charge is 0.322 e. The summed E-state index contributed by atoms with van der Waals surface area (Å²) >= 11 is 2.43. The van der Waals surface area contributed by atoms with Crippen molar-refractivity contribution in [3.63, 3.8) is 0 Å². The van der Waals surface area contributed by atoms with Gasteiger partial charge in [-0.25, -0.2) is 9.78 Å². The number of carbonyl (C=O) groups is 3. The Morgan fingerprint density at radius 1 is 1.38 bits per heavy atom. The van der Waals surface area contributed by atoms with Crippen LogP contribution in [0.2, 0.25) is 0 Å². The highest BCUT2D eigenvalue weighted by Crippen LogP contribution is 2.35. The fraction of sp³-hybridized carbons (Fsp3) is 0.500. The summed E-state index contributed by atoms with van der Waals surface area (Å²) in [4.78, 5) is 54.8. The number of thioether (sulfide) groups is 1. The predicted molar refractivity (Wildman–Crippen MR) is 109 cm³/mol. The molecule has 1 aliphatic heterocycles. The van der Waals surface area contributed by atoms with E-state index >= 15 is 0 Å². The molecule has 11 heteroatoms. The molecule has 4 amide bonds. The van der Waals surface area contributed by atoms with E-state index in [4.69, 9.17) is 0 Å². The van der Waals surface area contributed by atoms with Crippen molar-refractivity contribution in [1.82, 2.24) is 25.3 Å². The average Bonchev–Trinajstić information content (AvgIpc) is 3.25. The summed E-state index contributed by atoms with van der Waals surface area (Å²) < 4.78 is 1.39. The van der Waals surface area contributed by atoms with Crippen LogP contribution in [0.4, 0.5) is 4.79 Å². The Bertz CT molecular complexity index is 1050. The fourth-order valence-corrected chi connectivity index (χ4v) is 5.28. The maximum absolute atomic E-state index is 12.8. The Balaban J connectivity index is 1.41. The summed E-state index contributed by atoms with van der Waals surface area (Å²) in [5.74, 6) is -0.484. The molecule has 4 rings (SSSR count). The molecule has 2 N–H and O–H groups in total. The van der Waals surface area contributed by atoms with Gasteiger partial charge in [-0.2, -0.15) is 5.01 Å². The molecule has 2 aliphatic rings. The van der Waals surface area contributed by atoms with E-state index < -0.39 is 23.4 Å². The molecule has 9 nitrogen and oxygen atoms in total. The summed E-state index contributed by atoms with van der Waals surface area (Å²) in [5, 5.41) is 6.28. The fourth-order valence-electron chi connectivity index (χ4n) is 3.71. The first-order valence-corrected chi connectivity index (χ1v) is 11.2. The van der Waals surface area contributed by atoms with Crippen LogP contribution in [0.5, 0.6) is 0 Å². The lowest BCUT2D eigenvalue weighted by molar-refractivity contribution is -0.139. The van der Waals surface area contributed by atoms with Gasteiger partial charge in [0.2, 0.25) is 5.91 Å². The number of thiophene rings is 1. The van der Waals surface area contributed by atoms with Gasteiger partial charge in [-0.3, -0.25) is 24.4 Å². The van der Waals surface area contributed by atoms with Gasteiger partial charge in [0.15, 0.2) is 5.16 Å². The van der Waals surface area contributed by atoms with Gasteiger partial charge in [-0.05, 0) is 43.0 Å². The normalized spacial score (nSPS) is 24.3. The maximum Gasteiger partial charge on any atom is 0.344 e. The van der Waals surface area contributed by atoms with Crippen molar-refractivity contribution in [3.8, 4) is 0 Å². The molecule has 0 aromatic carbocycles. The Hall–Kier alpha value is -2.40. The summed E-state index contributed by atoms with van der Waals surface area (Å²) in [5.41, 5.74) is 1.32. The van der Waals surface area contributed by atoms with E-state index in [1.165, 1.54) is 15.9 Å². The molecule has 1 aliphatic carbocycles. The first kappa shape index (κ1) is 19.9. The quantitative estimate of drug-likeness (QED) is 0.429. The van der Waals surface area contributed by atoms with Gasteiger partial charge in [0.05, 0.1) is 11.1 Å². The highest BCUT2D eigenvalue weighted by molar-refractivity contribution is 7.99. The molecule has 1 saturated heterocycles. The number of nitrogens with one attached hydrogen (secondary N) is 2. The van der Waals surface area contributed by atoms with E-state index in [9.17, 15) is 19.2 Å². The highest BCUT2D eigenvalue weighted by Gasteiger charge is 2.52. The largest absolute Gasteiger partial charge is 0.344 e. The number of rotatable bonds is 4. The topological polar surface area (TPSA) is 113 Å². The van der Waals surface area contributed by atoms with Crippen LogP contribution in [0.3, 0.4) is 0 Å². The number of hydrogen-bond acceptors (Lipinski definition) is 7. The molecular formula is C18H21N5O4S2. The van der Waals surface area contributed by atoms with E-state index in [-0.39, 0.29) is 11.3 Å². The van der Waals surface area contributed by atoms with Gasteiger partial charge in [0, 0.05) is 7.05 Å². The van der Waals surface area contributed by atoms with Crippen molar-refractivity contribution in [2.75, 3.05) is 5.75 Å². The average molecular weight is 436 g/mol. The Labute approximate surface area is 174 Å². The molecule has 1 saturated carbocycles. The second-order valence-corrected chi connectivity index (χ2v) is 9.39. The van der Waals surface area contributed by atoms with Crippen LogP contribution in [0.1, 0.15) is 32.6 Å². The van der Waals surface area contributed by atoms with E-state index in [1.54, 1.807) is 18.5 Å². The molecule has 29 heavy (non-hydrogen) atoms. The van der Waals surface area contributed by atoms with Crippen LogP contribution < -0.4 is 16.3 Å². The number of hydrogen-bond donors (Lipinski definition) is 2. The number of hydrazine groups is 1. The van der Waals surface area contributed by atoms with Crippen molar-refractivity contribution in [3.05, 3.63) is 21.8 Å². The highest BCUT2D eigenvalue weighted by atomic mass is 32.2. The number of amides is 4. The third-order valence-electron chi connectivity index (χ3n) is 5.52. The van der Waals surface area contributed by atoms with Crippen molar-refractivity contribution in [1.29, 1.82) is 0 Å². The van der Waals surface area contributed by atoms with Gasteiger partial charge >= 0.3 is 6.03 Å². The van der Waals surface area contributed by atoms with E-state index in [2.05, 4.69) is 22.7 Å². The number of aromatic nitrogens is 2. The lowest BCUT2D eigenvalue weighted by atomic mass is 9.77. The van der Waals surface area contributed by atoms with Gasteiger partial charge in [-0.1, -0.05) is 18.7 Å². The van der Waals surface area contributed by atoms with Crippen LogP contribution in [-0.4, -0.2) is 43.7 Å². The van der Waals surface area contributed by atoms with Crippen LogP contribution in [0.15, 0.2) is 21.4 Å². The number of fused-ring (bicyclic) bond motifs is 1. The first-order chi connectivity index (χ1) is 13.8. The number of carbonyl (C=O) groups excluding carboxylic acids is 3. The second-order valence-electron chi connectivity index (χ2n) is 7.56. The van der Waals surface area contributed by atoms with Crippen LogP contribution >= 0.6 is 23.1 Å². The summed E-state index contributed by atoms with van der Waals surface area (Å²) in [6.07, 6.45) is 2.86. The molecule has 0 atom stereocenters. The third-order valence-corrected chi connectivity index (χ3v) is 7.36. The summed E-state index contributed by atoms with van der Waals surface area (Å²) in [7, 11) is 1.60. The molecule has 0 unspecified atom stereocenters. The van der Waals surface area contributed by atoms with Gasteiger partial charge in [-0.15, -0.1) is 11.3 Å². The van der Waals surface area contributed by atoms with Crippen LogP contribution in [0, 0.1) is 5.92 Å². The second kappa shape index (κ2) is 7.45. The molecule has 1 spiro atoms. The third kappa shape index (κ3) is 3.52. The van der Waals surface area contributed by atoms with Crippen molar-refractivity contribution in [2.45, 2.75) is 43.3 Å².